The number of nitrogens with zero attached hydrogens (tertiary/aromatic N) is 4. The summed E-state index contributed by atoms with van der Waals surface area (Å²) in [5.74, 6) is 0.952. The van der Waals surface area contributed by atoms with Crippen LogP contribution in [0, 0.1) is 5.82 Å². The van der Waals surface area contributed by atoms with Crippen molar-refractivity contribution < 1.29 is 19.0 Å². The normalized spacial score (nSPS) is 11.7. The van der Waals surface area contributed by atoms with Crippen molar-refractivity contribution in [3.63, 3.8) is 0 Å². The Balaban J connectivity index is 1.54. The van der Waals surface area contributed by atoms with E-state index in [1.165, 1.54) is 12.1 Å². The molecule has 5 aromatic rings. The van der Waals surface area contributed by atoms with Gasteiger partial charge in [0.25, 0.3) is 0 Å². The zero-order valence-electron chi connectivity index (χ0n) is 19.2. The van der Waals surface area contributed by atoms with Gasteiger partial charge in [0.05, 0.1) is 36.1 Å². The molecule has 0 radical (unpaired) electrons. The molecule has 7 nitrogen and oxygen atoms in total. The van der Waals surface area contributed by atoms with Gasteiger partial charge in [0.2, 0.25) is 0 Å². The minimum atomic E-state index is -0.463. The largest absolute Gasteiger partial charge is 0.491 e. The van der Waals surface area contributed by atoms with Crippen LogP contribution < -0.4 is 9.47 Å². The van der Waals surface area contributed by atoms with E-state index < -0.39 is 6.04 Å². The van der Waals surface area contributed by atoms with Crippen LogP contribution in [0.3, 0.4) is 0 Å². The van der Waals surface area contributed by atoms with E-state index in [0.29, 0.717) is 34.1 Å². The number of para-hydroxylation sites is 2. The lowest BCUT2D eigenvalue weighted by Crippen LogP contribution is -2.21. The Morgan fingerprint density at radius 2 is 1.53 bits per heavy atom. The second kappa shape index (κ2) is 10.8. The summed E-state index contributed by atoms with van der Waals surface area (Å²) in [4.78, 5) is 13.5. The Morgan fingerprint density at radius 3 is 2.22 bits per heavy atom. The van der Waals surface area contributed by atoms with Gasteiger partial charge < -0.3 is 19.1 Å². The van der Waals surface area contributed by atoms with Gasteiger partial charge in [-0.15, -0.1) is 0 Å². The maximum atomic E-state index is 13.6. The fourth-order valence-electron chi connectivity index (χ4n) is 3.76. The van der Waals surface area contributed by atoms with Crippen LogP contribution in [-0.4, -0.2) is 37.8 Å². The molecule has 5 rings (SSSR count). The summed E-state index contributed by atoms with van der Waals surface area (Å²) in [7, 11) is 0. The first-order valence-electron chi connectivity index (χ1n) is 11.4. The predicted molar refractivity (Wildman–Crippen MR) is 133 cm³/mol. The summed E-state index contributed by atoms with van der Waals surface area (Å²) in [6.07, 6.45) is 3.23. The first kappa shape index (κ1) is 23.2. The van der Waals surface area contributed by atoms with E-state index in [0.717, 1.165) is 0 Å². The molecular formula is C28H23FN4O3. The minimum absolute atomic E-state index is 0.164. The molecule has 0 aliphatic heterocycles. The zero-order chi connectivity index (χ0) is 24.7. The molecule has 1 atom stereocenters. The molecule has 0 amide bonds. The first-order chi connectivity index (χ1) is 17.7. The number of halogens is 1. The van der Waals surface area contributed by atoms with Crippen molar-refractivity contribution in [2.75, 3.05) is 13.2 Å². The van der Waals surface area contributed by atoms with Gasteiger partial charge in [-0.3, -0.25) is 0 Å². The van der Waals surface area contributed by atoms with E-state index in [-0.39, 0.29) is 25.0 Å². The highest BCUT2D eigenvalue weighted by Crippen LogP contribution is 2.33. The lowest BCUT2D eigenvalue weighted by atomic mass is 10.1. The number of imidazole rings is 1. The van der Waals surface area contributed by atoms with Crippen LogP contribution in [0.15, 0.2) is 104 Å². The summed E-state index contributed by atoms with van der Waals surface area (Å²) >= 11 is 0. The average Bonchev–Trinajstić information content (AvgIpc) is 3.36. The summed E-state index contributed by atoms with van der Waals surface area (Å²) in [6.45, 7) is 0.00267. The molecule has 0 bridgehead atoms. The lowest BCUT2D eigenvalue weighted by Gasteiger charge is -2.20. The van der Waals surface area contributed by atoms with Crippen LogP contribution in [-0.2, 0) is 0 Å². The molecule has 36 heavy (non-hydrogen) atoms. The Morgan fingerprint density at radius 1 is 0.833 bits per heavy atom. The van der Waals surface area contributed by atoms with Gasteiger partial charge in [-0.25, -0.2) is 14.4 Å². The first-order valence-corrected chi connectivity index (χ1v) is 11.4. The molecule has 1 N–H and O–H groups in total. The fourth-order valence-corrected chi connectivity index (χ4v) is 3.76. The molecule has 0 aliphatic carbocycles. The second-order valence-corrected chi connectivity index (χ2v) is 7.96. The maximum Gasteiger partial charge on any atom is 0.322 e. The van der Waals surface area contributed by atoms with Crippen molar-refractivity contribution in [2.24, 2.45) is 0 Å². The van der Waals surface area contributed by atoms with Gasteiger partial charge in [0.15, 0.2) is 0 Å². The predicted octanol–water partition coefficient (Wildman–Crippen LogP) is 5.55. The topological polar surface area (TPSA) is 82.3 Å². The van der Waals surface area contributed by atoms with Crippen LogP contribution in [0.4, 0.5) is 4.39 Å². The number of benzene rings is 3. The number of rotatable bonds is 9. The molecule has 180 valence electrons. The number of hydrogen-bond donors (Lipinski definition) is 1. The van der Waals surface area contributed by atoms with Crippen molar-refractivity contribution in [1.29, 1.82) is 0 Å². The summed E-state index contributed by atoms with van der Waals surface area (Å²) in [5.41, 5.74) is 2.44. The van der Waals surface area contributed by atoms with E-state index >= 15 is 0 Å². The van der Waals surface area contributed by atoms with Gasteiger partial charge >= 0.3 is 6.01 Å². The molecule has 0 saturated heterocycles. The second-order valence-electron chi connectivity index (χ2n) is 7.96. The van der Waals surface area contributed by atoms with Crippen LogP contribution in [0.25, 0.3) is 22.6 Å². The highest BCUT2D eigenvalue weighted by Gasteiger charge is 2.23. The van der Waals surface area contributed by atoms with Crippen LogP contribution in [0.1, 0.15) is 6.04 Å². The van der Waals surface area contributed by atoms with Crippen molar-refractivity contribution in [2.45, 2.75) is 6.04 Å². The van der Waals surface area contributed by atoms with Crippen molar-refractivity contribution in [3.8, 4) is 40.2 Å². The van der Waals surface area contributed by atoms with E-state index in [1.807, 2.05) is 65.2 Å². The molecular weight excluding hydrogens is 459 g/mol. The Bertz CT molecular complexity index is 1410. The highest BCUT2D eigenvalue weighted by atomic mass is 19.1. The number of aromatic nitrogens is 4. The Hall–Kier alpha value is -4.56. The third-order valence-corrected chi connectivity index (χ3v) is 5.53. The fraction of sp³-hybridized carbons (Fsp3) is 0.107. The van der Waals surface area contributed by atoms with E-state index in [2.05, 4.69) is 15.0 Å². The third kappa shape index (κ3) is 5.24. The number of hydrogen-bond acceptors (Lipinski definition) is 6. The molecule has 2 heterocycles. The number of aliphatic hydroxyl groups excluding tert-OH is 1. The van der Waals surface area contributed by atoms with Crippen molar-refractivity contribution in [1.82, 2.24) is 19.5 Å². The molecule has 0 aliphatic rings. The molecule has 0 saturated carbocycles. The van der Waals surface area contributed by atoms with Gasteiger partial charge in [-0.05, 0) is 54.6 Å². The van der Waals surface area contributed by atoms with E-state index in [1.54, 1.807) is 30.7 Å². The lowest BCUT2D eigenvalue weighted by molar-refractivity contribution is 0.167. The SMILES string of the molecule is OCC(COc1ccccc1)n1cnc(-c2ccc(F)cc2)c1-c1ccnc(Oc2ccccc2)n1. The average molecular weight is 483 g/mol. The van der Waals surface area contributed by atoms with Gasteiger partial charge in [0, 0.05) is 11.8 Å². The molecule has 0 spiro atoms. The van der Waals surface area contributed by atoms with Crippen LogP contribution in [0.2, 0.25) is 0 Å². The van der Waals surface area contributed by atoms with Crippen LogP contribution >= 0.6 is 0 Å². The van der Waals surface area contributed by atoms with Gasteiger partial charge in [-0.2, -0.15) is 4.98 Å². The third-order valence-electron chi connectivity index (χ3n) is 5.53. The minimum Gasteiger partial charge on any atom is -0.491 e. The Labute approximate surface area is 207 Å². The van der Waals surface area contributed by atoms with Crippen LogP contribution in [0.5, 0.6) is 17.5 Å². The maximum absolute atomic E-state index is 13.6. The van der Waals surface area contributed by atoms with Gasteiger partial charge in [0.1, 0.15) is 23.9 Å². The van der Waals surface area contributed by atoms with Gasteiger partial charge in [-0.1, -0.05) is 36.4 Å². The molecule has 8 heteroatoms. The molecule has 3 aromatic carbocycles. The number of ether oxygens (including phenoxy) is 2. The summed E-state index contributed by atoms with van der Waals surface area (Å²) in [5, 5.41) is 10.3. The smallest absolute Gasteiger partial charge is 0.322 e. The Kier molecular flexibility index (Phi) is 6.95. The number of aliphatic hydroxyl groups is 1. The molecule has 1 unspecified atom stereocenters. The van der Waals surface area contributed by atoms with E-state index in [9.17, 15) is 9.50 Å². The molecule has 2 aromatic heterocycles. The zero-order valence-corrected chi connectivity index (χ0v) is 19.2. The summed E-state index contributed by atoms with van der Waals surface area (Å²) < 4.78 is 27.2. The monoisotopic (exact) mass is 482 g/mol. The molecule has 0 fully saturated rings. The van der Waals surface area contributed by atoms with Crippen molar-refractivity contribution >= 4 is 0 Å². The summed E-state index contributed by atoms with van der Waals surface area (Å²) in [6, 6.07) is 26.1. The standard InChI is InChI=1S/C28H23FN4O3/c29-21-13-11-20(12-14-21)26-27(25-15-16-30-28(32-25)36-24-9-5-2-6-10-24)33(19-31-26)22(17-34)18-35-23-7-3-1-4-8-23/h1-16,19,22,34H,17-18H2. The quantitative estimate of drug-likeness (QED) is 0.297. The van der Waals surface area contributed by atoms with E-state index in [4.69, 9.17) is 9.47 Å². The van der Waals surface area contributed by atoms with Crippen molar-refractivity contribution in [3.05, 3.63) is 109 Å². The highest BCUT2D eigenvalue weighted by molar-refractivity contribution is 5.77.